The fourth-order valence-corrected chi connectivity index (χ4v) is 4.92. The number of carbonyl (C=O) groups is 2. The molecule has 1 N–H and O–H groups in total. The average Bonchev–Trinajstić information content (AvgIpc) is 3.15. The number of nitrogens with one attached hydrogen (secondary N) is 1. The number of benzene rings is 1. The van der Waals surface area contributed by atoms with Crippen molar-refractivity contribution in [2.24, 2.45) is 5.92 Å². The number of nitrogens with zero attached hydrogens (tertiary/aromatic N) is 2. The zero-order valence-corrected chi connectivity index (χ0v) is 15.8. The third kappa shape index (κ3) is 4.00. The fraction of sp³-hybridized carbons (Fsp3) is 0.353. The molecule has 0 radical (unpaired) electrons. The van der Waals surface area contributed by atoms with Crippen LogP contribution in [0, 0.1) is 5.92 Å². The number of amides is 1. The number of Topliss-reactive ketones (excluding diaryl/α,β-unsaturated/α-hetero) is 1. The molecule has 138 valence electrons. The van der Waals surface area contributed by atoms with Crippen LogP contribution in [0.5, 0.6) is 0 Å². The molecule has 1 fully saturated rings. The monoisotopic (exact) mass is 393 g/mol. The van der Waals surface area contributed by atoms with Gasteiger partial charge >= 0.3 is 0 Å². The summed E-state index contributed by atoms with van der Waals surface area (Å²) in [6, 6.07) is 6.05. The molecule has 0 bridgehead atoms. The number of hydrogen-bond donors (Lipinski definition) is 1. The molecular weight excluding hydrogens is 374 g/mol. The van der Waals surface area contributed by atoms with Crippen molar-refractivity contribution >= 4 is 38.2 Å². The van der Waals surface area contributed by atoms with E-state index in [9.17, 15) is 18.0 Å². The lowest BCUT2D eigenvalue weighted by molar-refractivity contribution is -0.120. The second-order valence-electron chi connectivity index (χ2n) is 6.09. The minimum absolute atomic E-state index is 0.107. The SMILES string of the molecule is CC(=O)c1cccc(S(=O)(=O)N2CCC(C(=O)Nc3nccs3)CC2)c1. The van der Waals surface area contributed by atoms with Crippen molar-refractivity contribution in [2.75, 3.05) is 18.4 Å². The molecule has 7 nitrogen and oxygen atoms in total. The summed E-state index contributed by atoms with van der Waals surface area (Å²) in [5, 5.41) is 5.08. The lowest BCUT2D eigenvalue weighted by atomic mass is 9.97. The molecule has 0 spiro atoms. The number of carbonyl (C=O) groups excluding carboxylic acids is 2. The van der Waals surface area contributed by atoms with Crippen LogP contribution in [-0.2, 0) is 14.8 Å². The third-order valence-electron chi connectivity index (χ3n) is 4.37. The Bertz CT molecular complexity index is 902. The molecule has 0 saturated carbocycles. The lowest BCUT2D eigenvalue weighted by Crippen LogP contribution is -2.41. The molecule has 1 aliphatic heterocycles. The minimum Gasteiger partial charge on any atom is -0.302 e. The number of thiazole rings is 1. The first kappa shape index (κ1) is 18.7. The first-order chi connectivity index (χ1) is 12.4. The fourth-order valence-electron chi connectivity index (χ4n) is 2.88. The van der Waals surface area contributed by atoms with E-state index in [1.54, 1.807) is 23.7 Å². The number of ketones is 1. The molecule has 0 unspecified atom stereocenters. The van der Waals surface area contributed by atoms with E-state index in [4.69, 9.17) is 0 Å². The van der Waals surface area contributed by atoms with E-state index in [1.165, 1.54) is 34.7 Å². The highest BCUT2D eigenvalue weighted by molar-refractivity contribution is 7.89. The smallest absolute Gasteiger partial charge is 0.243 e. The summed E-state index contributed by atoms with van der Waals surface area (Å²) in [4.78, 5) is 27.9. The first-order valence-corrected chi connectivity index (χ1v) is 10.5. The maximum absolute atomic E-state index is 12.8. The van der Waals surface area contributed by atoms with E-state index in [-0.39, 0.29) is 35.6 Å². The van der Waals surface area contributed by atoms with Crippen LogP contribution >= 0.6 is 11.3 Å². The van der Waals surface area contributed by atoms with Gasteiger partial charge < -0.3 is 5.32 Å². The van der Waals surface area contributed by atoms with Crippen LogP contribution < -0.4 is 5.32 Å². The van der Waals surface area contributed by atoms with Crippen LogP contribution in [0.3, 0.4) is 0 Å². The summed E-state index contributed by atoms with van der Waals surface area (Å²) in [5.74, 6) is -0.552. The number of hydrogen-bond acceptors (Lipinski definition) is 6. The van der Waals surface area contributed by atoms with Crippen molar-refractivity contribution in [3.63, 3.8) is 0 Å². The van der Waals surface area contributed by atoms with E-state index in [1.807, 2.05) is 0 Å². The van der Waals surface area contributed by atoms with Gasteiger partial charge in [0.05, 0.1) is 4.90 Å². The summed E-state index contributed by atoms with van der Waals surface area (Å²) in [6.45, 7) is 1.93. The molecule has 26 heavy (non-hydrogen) atoms. The number of sulfonamides is 1. The zero-order chi connectivity index (χ0) is 18.7. The van der Waals surface area contributed by atoms with Crippen molar-refractivity contribution in [2.45, 2.75) is 24.7 Å². The van der Waals surface area contributed by atoms with Gasteiger partial charge in [-0.05, 0) is 31.9 Å². The third-order valence-corrected chi connectivity index (χ3v) is 6.95. The summed E-state index contributed by atoms with van der Waals surface area (Å²) in [5.41, 5.74) is 0.365. The Balaban J connectivity index is 1.66. The van der Waals surface area contributed by atoms with Gasteiger partial charge in [-0.3, -0.25) is 9.59 Å². The van der Waals surface area contributed by atoms with Gasteiger partial charge in [-0.2, -0.15) is 4.31 Å². The van der Waals surface area contributed by atoms with Crippen LogP contribution in [0.1, 0.15) is 30.1 Å². The van der Waals surface area contributed by atoms with Gasteiger partial charge in [0, 0.05) is 36.1 Å². The predicted octanol–water partition coefficient (Wildman–Crippen LogP) is 2.39. The maximum atomic E-state index is 12.8. The molecule has 1 amide bonds. The maximum Gasteiger partial charge on any atom is 0.243 e. The molecule has 0 aliphatic carbocycles. The van der Waals surface area contributed by atoms with Gasteiger partial charge in [-0.1, -0.05) is 12.1 Å². The molecule has 0 atom stereocenters. The summed E-state index contributed by atoms with van der Waals surface area (Å²) < 4.78 is 27.0. The Hall–Kier alpha value is -2.10. The summed E-state index contributed by atoms with van der Waals surface area (Å²) in [7, 11) is -3.68. The Morgan fingerprint density at radius 2 is 2.00 bits per heavy atom. The number of piperidine rings is 1. The highest BCUT2D eigenvalue weighted by atomic mass is 32.2. The van der Waals surface area contributed by atoms with Gasteiger partial charge in [0.15, 0.2) is 10.9 Å². The van der Waals surface area contributed by atoms with Crippen molar-refractivity contribution in [3.8, 4) is 0 Å². The molecular formula is C17H19N3O4S2. The lowest BCUT2D eigenvalue weighted by Gasteiger charge is -2.30. The zero-order valence-electron chi connectivity index (χ0n) is 14.2. The van der Waals surface area contributed by atoms with E-state index in [0.29, 0.717) is 23.5 Å². The Kier molecular flexibility index (Phi) is 5.49. The van der Waals surface area contributed by atoms with Gasteiger partial charge in [0.2, 0.25) is 15.9 Å². The van der Waals surface area contributed by atoms with Crippen molar-refractivity contribution in [3.05, 3.63) is 41.4 Å². The van der Waals surface area contributed by atoms with Gasteiger partial charge in [-0.25, -0.2) is 13.4 Å². The van der Waals surface area contributed by atoms with Crippen LogP contribution in [0.25, 0.3) is 0 Å². The highest BCUT2D eigenvalue weighted by Crippen LogP contribution is 2.25. The summed E-state index contributed by atoms with van der Waals surface area (Å²) >= 11 is 1.34. The quantitative estimate of drug-likeness (QED) is 0.787. The molecule has 1 saturated heterocycles. The van der Waals surface area contributed by atoms with Crippen LogP contribution in [-0.4, -0.2) is 42.5 Å². The highest BCUT2D eigenvalue weighted by Gasteiger charge is 2.32. The average molecular weight is 393 g/mol. The number of aromatic nitrogens is 1. The minimum atomic E-state index is -3.68. The molecule has 2 aromatic rings. The van der Waals surface area contributed by atoms with Crippen LogP contribution in [0.4, 0.5) is 5.13 Å². The first-order valence-electron chi connectivity index (χ1n) is 8.19. The largest absolute Gasteiger partial charge is 0.302 e. The van der Waals surface area contributed by atoms with Crippen molar-refractivity contribution in [1.82, 2.24) is 9.29 Å². The van der Waals surface area contributed by atoms with E-state index < -0.39 is 10.0 Å². The van der Waals surface area contributed by atoms with E-state index in [0.717, 1.165) is 0 Å². The number of anilines is 1. The molecule has 2 heterocycles. The second-order valence-corrected chi connectivity index (χ2v) is 8.92. The van der Waals surface area contributed by atoms with Gasteiger partial charge in [0.25, 0.3) is 0 Å². The van der Waals surface area contributed by atoms with Crippen molar-refractivity contribution < 1.29 is 18.0 Å². The van der Waals surface area contributed by atoms with Crippen molar-refractivity contribution in [1.29, 1.82) is 0 Å². The second kappa shape index (κ2) is 7.65. The molecule has 1 aromatic heterocycles. The van der Waals surface area contributed by atoms with Crippen LogP contribution in [0.15, 0.2) is 40.7 Å². The topological polar surface area (TPSA) is 96.4 Å². The Morgan fingerprint density at radius 1 is 1.27 bits per heavy atom. The van der Waals surface area contributed by atoms with Crippen LogP contribution in [0.2, 0.25) is 0 Å². The van der Waals surface area contributed by atoms with E-state index in [2.05, 4.69) is 10.3 Å². The Morgan fingerprint density at radius 3 is 2.62 bits per heavy atom. The molecule has 1 aromatic carbocycles. The molecule has 9 heteroatoms. The normalized spacial score (nSPS) is 16.3. The predicted molar refractivity (Wildman–Crippen MR) is 98.7 cm³/mol. The van der Waals surface area contributed by atoms with Gasteiger partial charge in [0.1, 0.15) is 0 Å². The van der Waals surface area contributed by atoms with E-state index >= 15 is 0 Å². The van der Waals surface area contributed by atoms with Gasteiger partial charge in [-0.15, -0.1) is 11.3 Å². The molecule has 1 aliphatic rings. The summed E-state index contributed by atoms with van der Waals surface area (Å²) in [6.07, 6.45) is 2.51. The standard InChI is InChI=1S/C17H19N3O4S2/c1-12(21)14-3-2-4-15(11-14)26(23,24)20-8-5-13(6-9-20)16(22)19-17-18-7-10-25-17/h2-4,7,10-11,13H,5-6,8-9H2,1H3,(H,18,19,22). The number of rotatable bonds is 5. The molecule has 3 rings (SSSR count). The Labute approximate surface area is 156 Å².